The van der Waals surface area contributed by atoms with Crippen molar-refractivity contribution in [3.63, 3.8) is 0 Å². The average molecular weight is 382 g/mol. The molecule has 1 aliphatic heterocycles. The van der Waals surface area contributed by atoms with Crippen molar-refractivity contribution in [2.75, 3.05) is 0 Å². The lowest BCUT2D eigenvalue weighted by Gasteiger charge is -2.47. The molecule has 5 fully saturated rings. The van der Waals surface area contributed by atoms with Crippen LogP contribution in [0.5, 0.6) is 0 Å². The van der Waals surface area contributed by atoms with Gasteiger partial charge in [0.2, 0.25) is 0 Å². The van der Waals surface area contributed by atoms with Crippen molar-refractivity contribution in [3.05, 3.63) is 0 Å². The van der Waals surface area contributed by atoms with Crippen molar-refractivity contribution in [1.82, 2.24) is 0 Å². The summed E-state index contributed by atoms with van der Waals surface area (Å²) in [5.74, 6) is -8.71. The van der Waals surface area contributed by atoms with Gasteiger partial charge in [-0.25, -0.2) is 0 Å². The Morgan fingerprint density at radius 1 is 0.923 bits per heavy atom. The molecular formula is C18H23F5O3. The first-order chi connectivity index (χ1) is 11.9. The van der Waals surface area contributed by atoms with Crippen LogP contribution in [0, 0.1) is 41.4 Å². The van der Waals surface area contributed by atoms with Gasteiger partial charge < -0.3 is 14.9 Å². The minimum Gasteiger partial charge on any atom is -0.380 e. The average Bonchev–Trinajstić information content (AvgIpc) is 3.30. The van der Waals surface area contributed by atoms with Crippen molar-refractivity contribution in [2.24, 2.45) is 41.4 Å². The van der Waals surface area contributed by atoms with Gasteiger partial charge in [-0.05, 0) is 80.5 Å². The van der Waals surface area contributed by atoms with Crippen LogP contribution >= 0.6 is 0 Å². The van der Waals surface area contributed by atoms with Gasteiger partial charge in [-0.3, -0.25) is 0 Å². The van der Waals surface area contributed by atoms with Crippen molar-refractivity contribution in [1.29, 1.82) is 0 Å². The van der Waals surface area contributed by atoms with Crippen molar-refractivity contribution in [2.45, 2.75) is 68.6 Å². The minimum absolute atomic E-state index is 0.192. The maximum atomic E-state index is 15.0. The van der Waals surface area contributed by atoms with Gasteiger partial charge >= 0.3 is 17.9 Å². The summed E-state index contributed by atoms with van der Waals surface area (Å²) in [7, 11) is 0. The summed E-state index contributed by atoms with van der Waals surface area (Å²) in [6, 6.07) is 0. The lowest BCUT2D eigenvalue weighted by molar-refractivity contribution is -0.413. The van der Waals surface area contributed by atoms with Gasteiger partial charge in [0.25, 0.3) is 0 Å². The summed E-state index contributed by atoms with van der Waals surface area (Å²) in [5, 5.41) is 20.7. The molecule has 0 aromatic rings. The quantitative estimate of drug-likeness (QED) is 0.540. The number of halogens is 5. The third kappa shape index (κ3) is 1.67. The van der Waals surface area contributed by atoms with E-state index in [4.69, 9.17) is 0 Å². The predicted octanol–water partition coefficient (Wildman–Crippen LogP) is 3.34. The Hall–Kier alpha value is -0.470. The summed E-state index contributed by atoms with van der Waals surface area (Å²) < 4.78 is 73.9. The number of rotatable bonds is 1. The van der Waals surface area contributed by atoms with Crippen LogP contribution in [0.3, 0.4) is 0 Å². The normalized spacial score (nSPS) is 60.0. The SMILES string of the molecule is CC1OC(O)(C(F)(F)F)C(F)(F)C1(O)C1CC2CC1C1C3CCC(C3)C21. The van der Waals surface area contributed by atoms with Gasteiger partial charge in [-0.1, -0.05) is 0 Å². The molecule has 1 heterocycles. The summed E-state index contributed by atoms with van der Waals surface area (Å²) in [4.78, 5) is 0. The third-order valence-electron chi connectivity index (χ3n) is 8.58. The van der Waals surface area contributed by atoms with Gasteiger partial charge in [0, 0.05) is 0 Å². The molecule has 5 rings (SSSR count). The Kier molecular flexibility index (Phi) is 3.21. The third-order valence-corrected chi connectivity index (χ3v) is 8.58. The zero-order valence-corrected chi connectivity index (χ0v) is 14.3. The van der Waals surface area contributed by atoms with E-state index in [2.05, 4.69) is 4.74 Å². The van der Waals surface area contributed by atoms with E-state index in [1.165, 1.54) is 0 Å². The number of hydrogen-bond acceptors (Lipinski definition) is 3. The molecule has 4 aliphatic carbocycles. The van der Waals surface area contributed by atoms with Gasteiger partial charge in [0.15, 0.2) is 5.60 Å². The number of fused-ring (bicyclic) bond motifs is 9. The number of hydrogen-bond donors (Lipinski definition) is 2. The van der Waals surface area contributed by atoms with Crippen LogP contribution in [-0.2, 0) is 4.74 Å². The highest BCUT2D eigenvalue weighted by Gasteiger charge is 2.87. The molecule has 1 saturated heterocycles. The first-order valence-electron chi connectivity index (χ1n) is 9.50. The van der Waals surface area contributed by atoms with Gasteiger partial charge in [-0.15, -0.1) is 0 Å². The molecule has 4 saturated carbocycles. The monoisotopic (exact) mass is 382 g/mol. The molecule has 10 atom stereocenters. The smallest absolute Gasteiger partial charge is 0.380 e. The predicted molar refractivity (Wildman–Crippen MR) is 79.0 cm³/mol. The second-order valence-electron chi connectivity index (χ2n) is 9.29. The van der Waals surface area contributed by atoms with Crippen molar-refractivity contribution >= 4 is 0 Å². The first kappa shape index (κ1) is 17.6. The molecule has 3 nitrogen and oxygen atoms in total. The number of aliphatic hydroxyl groups is 2. The molecule has 0 aromatic heterocycles. The van der Waals surface area contributed by atoms with E-state index in [0.29, 0.717) is 30.6 Å². The minimum atomic E-state index is -5.69. The second-order valence-corrected chi connectivity index (χ2v) is 9.29. The maximum Gasteiger partial charge on any atom is 0.449 e. The largest absolute Gasteiger partial charge is 0.449 e. The molecule has 0 spiro atoms. The van der Waals surface area contributed by atoms with Crippen LogP contribution in [0.15, 0.2) is 0 Å². The number of ether oxygens (including phenoxy) is 1. The van der Waals surface area contributed by atoms with E-state index in [1.807, 2.05) is 0 Å². The Morgan fingerprint density at radius 3 is 2.12 bits per heavy atom. The maximum absolute atomic E-state index is 15.0. The Morgan fingerprint density at radius 2 is 1.54 bits per heavy atom. The molecule has 0 aromatic carbocycles. The fourth-order valence-corrected chi connectivity index (χ4v) is 7.80. The summed E-state index contributed by atoms with van der Waals surface area (Å²) in [5.41, 5.74) is -3.01. The fourth-order valence-electron chi connectivity index (χ4n) is 7.80. The van der Waals surface area contributed by atoms with Crippen LogP contribution in [-0.4, -0.2) is 39.8 Å². The number of alkyl halides is 5. The highest BCUT2D eigenvalue weighted by Crippen LogP contribution is 2.72. The Balaban J connectivity index is 1.52. The van der Waals surface area contributed by atoms with Gasteiger partial charge in [0.1, 0.15) is 0 Å². The van der Waals surface area contributed by atoms with Crippen LogP contribution < -0.4 is 0 Å². The lowest BCUT2D eigenvalue weighted by atomic mass is 9.61. The fraction of sp³-hybridized carbons (Fsp3) is 1.00. The topological polar surface area (TPSA) is 49.7 Å². The molecule has 5 aliphatic rings. The van der Waals surface area contributed by atoms with E-state index < -0.39 is 35.5 Å². The van der Waals surface area contributed by atoms with E-state index in [0.717, 1.165) is 26.2 Å². The van der Waals surface area contributed by atoms with Gasteiger partial charge in [0.05, 0.1) is 6.10 Å². The summed E-state index contributed by atoms with van der Waals surface area (Å²) >= 11 is 0. The van der Waals surface area contributed by atoms with Crippen molar-refractivity contribution in [3.8, 4) is 0 Å². The molecule has 2 N–H and O–H groups in total. The Labute approximate surface area is 147 Å². The summed E-state index contributed by atoms with van der Waals surface area (Å²) in [6.07, 6.45) is -3.21. The molecule has 10 unspecified atom stereocenters. The van der Waals surface area contributed by atoms with E-state index in [-0.39, 0.29) is 17.8 Å². The molecule has 148 valence electrons. The van der Waals surface area contributed by atoms with Crippen LogP contribution in [0.2, 0.25) is 0 Å². The van der Waals surface area contributed by atoms with E-state index >= 15 is 0 Å². The van der Waals surface area contributed by atoms with Crippen molar-refractivity contribution < 1.29 is 36.9 Å². The Bertz CT molecular complexity index is 639. The van der Waals surface area contributed by atoms with E-state index in [9.17, 15) is 32.2 Å². The van der Waals surface area contributed by atoms with Crippen LogP contribution in [0.1, 0.15) is 39.0 Å². The molecule has 0 amide bonds. The molecule has 0 radical (unpaired) electrons. The zero-order chi connectivity index (χ0) is 18.9. The molecule has 8 heteroatoms. The van der Waals surface area contributed by atoms with Crippen LogP contribution in [0.4, 0.5) is 22.0 Å². The molecule has 26 heavy (non-hydrogen) atoms. The lowest BCUT2D eigenvalue weighted by Crippen LogP contribution is -2.67. The van der Waals surface area contributed by atoms with Gasteiger partial charge in [-0.2, -0.15) is 22.0 Å². The van der Waals surface area contributed by atoms with Crippen LogP contribution in [0.25, 0.3) is 0 Å². The second kappa shape index (κ2) is 4.74. The molecular weight excluding hydrogens is 359 g/mol. The standard InChI is InChI=1S/C18H23F5O3/c1-7-15(24,16(19,20)17(25,26-7)18(21,22)23)12-6-10-5-11(12)14-9-3-2-8(4-9)13(10)14/h7-14,24-25H,2-6H2,1H3. The van der Waals surface area contributed by atoms with E-state index in [1.54, 1.807) is 0 Å². The highest BCUT2D eigenvalue weighted by atomic mass is 19.4. The first-order valence-corrected chi connectivity index (χ1v) is 9.50. The summed E-state index contributed by atoms with van der Waals surface area (Å²) in [6.45, 7) is 1.02. The zero-order valence-electron chi connectivity index (χ0n) is 14.3. The molecule has 4 bridgehead atoms. The highest BCUT2D eigenvalue weighted by molar-refractivity contribution is 5.22.